The highest BCUT2D eigenvalue weighted by molar-refractivity contribution is 7.99. The van der Waals surface area contributed by atoms with Crippen molar-refractivity contribution in [2.75, 3.05) is 24.1 Å². The summed E-state index contributed by atoms with van der Waals surface area (Å²) >= 11 is 1.64. The fourth-order valence-electron chi connectivity index (χ4n) is 1.72. The molecule has 0 aliphatic carbocycles. The largest absolute Gasteiger partial charge is 0.495 e. The Labute approximate surface area is 114 Å². The quantitative estimate of drug-likeness (QED) is 0.763. The van der Waals surface area contributed by atoms with Crippen LogP contribution in [0.25, 0.3) is 0 Å². The fourth-order valence-corrected chi connectivity index (χ4v) is 2.66. The predicted octanol–water partition coefficient (Wildman–Crippen LogP) is 0.994. The minimum absolute atomic E-state index is 0.102. The van der Waals surface area contributed by atoms with Gasteiger partial charge in [0.05, 0.1) is 24.4 Å². The average molecular weight is 282 g/mol. The molecular formula is C12H14N2O4S. The lowest BCUT2D eigenvalue weighted by atomic mass is 10.1. The number of methoxy groups -OCH3 is 1. The first-order chi connectivity index (χ1) is 9.11. The van der Waals surface area contributed by atoms with Gasteiger partial charge >= 0.3 is 5.97 Å². The Morgan fingerprint density at radius 3 is 2.89 bits per heavy atom. The van der Waals surface area contributed by atoms with E-state index in [1.54, 1.807) is 11.8 Å². The molecule has 1 aliphatic heterocycles. The van der Waals surface area contributed by atoms with Crippen molar-refractivity contribution in [3.8, 4) is 5.75 Å². The molecule has 102 valence electrons. The number of carbonyl (C=O) groups is 2. The van der Waals surface area contributed by atoms with Gasteiger partial charge in [-0.3, -0.25) is 10.1 Å². The zero-order valence-corrected chi connectivity index (χ0v) is 11.1. The number of ether oxygens (including phenoxy) is 1. The Balaban J connectivity index is 2.19. The number of amides is 1. The summed E-state index contributed by atoms with van der Waals surface area (Å²) in [4.78, 5) is 22.9. The number of carboxylic acid groups (broad SMARTS) is 1. The van der Waals surface area contributed by atoms with Crippen molar-refractivity contribution in [1.29, 1.82) is 0 Å². The van der Waals surface area contributed by atoms with Crippen LogP contribution in [0.15, 0.2) is 18.2 Å². The molecule has 1 saturated heterocycles. The van der Waals surface area contributed by atoms with Crippen LogP contribution in [0.1, 0.15) is 10.4 Å². The number of rotatable bonds is 4. The molecule has 0 bridgehead atoms. The van der Waals surface area contributed by atoms with Crippen molar-refractivity contribution >= 4 is 29.3 Å². The van der Waals surface area contributed by atoms with Crippen molar-refractivity contribution in [1.82, 2.24) is 5.32 Å². The van der Waals surface area contributed by atoms with E-state index >= 15 is 0 Å². The minimum Gasteiger partial charge on any atom is -0.495 e. The van der Waals surface area contributed by atoms with Gasteiger partial charge in [0, 0.05) is 11.6 Å². The lowest BCUT2D eigenvalue weighted by Gasteiger charge is -2.13. The van der Waals surface area contributed by atoms with E-state index in [2.05, 4.69) is 10.6 Å². The van der Waals surface area contributed by atoms with Gasteiger partial charge in [0.15, 0.2) is 0 Å². The number of carboxylic acids is 1. The van der Waals surface area contributed by atoms with E-state index in [-0.39, 0.29) is 17.5 Å². The second kappa shape index (κ2) is 5.94. The minimum atomic E-state index is -1.05. The van der Waals surface area contributed by atoms with Crippen LogP contribution in [-0.2, 0) is 4.79 Å². The van der Waals surface area contributed by atoms with E-state index in [4.69, 9.17) is 9.84 Å². The molecule has 0 radical (unpaired) electrons. The summed E-state index contributed by atoms with van der Waals surface area (Å²) in [5, 5.41) is 14.7. The van der Waals surface area contributed by atoms with Crippen LogP contribution >= 0.6 is 11.8 Å². The summed E-state index contributed by atoms with van der Waals surface area (Å²) in [6, 6.07) is 4.08. The number of benzene rings is 1. The highest BCUT2D eigenvalue weighted by Crippen LogP contribution is 2.26. The van der Waals surface area contributed by atoms with Crippen LogP contribution in [0.3, 0.4) is 0 Å². The van der Waals surface area contributed by atoms with Gasteiger partial charge in [0.1, 0.15) is 5.75 Å². The molecule has 1 fully saturated rings. The molecule has 7 heteroatoms. The summed E-state index contributed by atoms with van der Waals surface area (Å²) in [6.45, 7) is 0. The second-order valence-electron chi connectivity index (χ2n) is 3.98. The summed E-state index contributed by atoms with van der Waals surface area (Å²) in [6.07, 6.45) is 0. The lowest BCUT2D eigenvalue weighted by molar-refractivity contribution is -0.117. The van der Waals surface area contributed by atoms with Gasteiger partial charge in [0.2, 0.25) is 5.91 Å². The Bertz CT molecular complexity index is 501. The van der Waals surface area contributed by atoms with Crippen molar-refractivity contribution in [2.45, 2.75) is 6.04 Å². The van der Waals surface area contributed by atoms with Crippen LogP contribution in [0.5, 0.6) is 5.75 Å². The zero-order valence-electron chi connectivity index (χ0n) is 10.3. The molecule has 1 heterocycles. The molecule has 1 aliphatic rings. The molecule has 0 saturated carbocycles. The van der Waals surface area contributed by atoms with Crippen LogP contribution in [-0.4, -0.2) is 41.8 Å². The molecule has 1 atom stereocenters. The second-order valence-corrected chi connectivity index (χ2v) is 5.01. The van der Waals surface area contributed by atoms with Gasteiger partial charge in [-0.05, 0) is 18.2 Å². The normalized spacial score (nSPS) is 18.1. The SMILES string of the molecule is COc1ccc(C(=O)O)cc1NC(=O)C1CSCN1. The van der Waals surface area contributed by atoms with Gasteiger partial charge < -0.3 is 15.2 Å². The third-order valence-electron chi connectivity index (χ3n) is 2.74. The van der Waals surface area contributed by atoms with Crippen molar-refractivity contribution in [2.24, 2.45) is 0 Å². The fraction of sp³-hybridized carbons (Fsp3) is 0.333. The maximum Gasteiger partial charge on any atom is 0.335 e. The summed E-state index contributed by atoms with van der Waals surface area (Å²) in [5.74, 6) is 0.638. The van der Waals surface area contributed by atoms with Crippen molar-refractivity contribution < 1.29 is 19.4 Å². The van der Waals surface area contributed by atoms with E-state index in [1.807, 2.05) is 0 Å². The first-order valence-electron chi connectivity index (χ1n) is 5.65. The van der Waals surface area contributed by atoms with Crippen molar-refractivity contribution in [3.63, 3.8) is 0 Å². The molecule has 0 aromatic heterocycles. The number of hydrogen-bond donors (Lipinski definition) is 3. The number of nitrogens with one attached hydrogen (secondary N) is 2. The Morgan fingerprint density at radius 1 is 1.53 bits per heavy atom. The molecule has 1 aromatic carbocycles. The Hall–Kier alpha value is -1.73. The molecule has 1 aromatic rings. The standard InChI is InChI=1S/C12H14N2O4S/c1-18-10-3-2-7(12(16)17)4-8(10)14-11(15)9-5-19-6-13-9/h2-4,9,13H,5-6H2,1H3,(H,14,15)(H,16,17). The monoisotopic (exact) mass is 282 g/mol. The van der Waals surface area contributed by atoms with Gasteiger partial charge in [-0.15, -0.1) is 11.8 Å². The molecule has 6 nitrogen and oxygen atoms in total. The van der Waals surface area contributed by atoms with E-state index < -0.39 is 5.97 Å². The number of aromatic carboxylic acids is 1. The summed E-state index contributed by atoms with van der Waals surface area (Å²) in [5.41, 5.74) is 0.468. The predicted molar refractivity (Wildman–Crippen MR) is 72.8 cm³/mol. The molecule has 1 unspecified atom stereocenters. The number of thioether (sulfide) groups is 1. The lowest BCUT2D eigenvalue weighted by Crippen LogP contribution is -2.37. The van der Waals surface area contributed by atoms with Crippen LogP contribution < -0.4 is 15.4 Å². The van der Waals surface area contributed by atoms with E-state index in [1.165, 1.54) is 25.3 Å². The zero-order chi connectivity index (χ0) is 13.8. The van der Waals surface area contributed by atoms with E-state index in [0.717, 1.165) is 5.88 Å². The Kier molecular flexibility index (Phi) is 4.28. The summed E-state index contributed by atoms with van der Waals surface area (Å²) < 4.78 is 5.11. The van der Waals surface area contributed by atoms with Crippen LogP contribution in [0, 0.1) is 0 Å². The summed E-state index contributed by atoms with van der Waals surface area (Å²) in [7, 11) is 1.47. The molecule has 19 heavy (non-hydrogen) atoms. The molecule has 0 spiro atoms. The number of carbonyl (C=O) groups excluding carboxylic acids is 1. The van der Waals surface area contributed by atoms with Crippen LogP contribution in [0.4, 0.5) is 5.69 Å². The maximum atomic E-state index is 12.0. The van der Waals surface area contributed by atoms with Gasteiger partial charge in [-0.2, -0.15) is 0 Å². The van der Waals surface area contributed by atoms with Gasteiger partial charge in [0.25, 0.3) is 0 Å². The molecule has 1 amide bonds. The number of hydrogen-bond acceptors (Lipinski definition) is 5. The van der Waals surface area contributed by atoms with Crippen LogP contribution in [0.2, 0.25) is 0 Å². The highest BCUT2D eigenvalue weighted by atomic mass is 32.2. The third-order valence-corrected chi connectivity index (χ3v) is 3.68. The highest BCUT2D eigenvalue weighted by Gasteiger charge is 2.23. The van der Waals surface area contributed by atoms with Gasteiger partial charge in [-0.25, -0.2) is 4.79 Å². The van der Waals surface area contributed by atoms with E-state index in [0.29, 0.717) is 17.2 Å². The Morgan fingerprint density at radius 2 is 2.32 bits per heavy atom. The molecular weight excluding hydrogens is 268 g/mol. The van der Waals surface area contributed by atoms with Gasteiger partial charge in [-0.1, -0.05) is 0 Å². The van der Waals surface area contributed by atoms with E-state index in [9.17, 15) is 9.59 Å². The number of anilines is 1. The third kappa shape index (κ3) is 3.18. The topological polar surface area (TPSA) is 87.7 Å². The molecule has 2 rings (SSSR count). The maximum absolute atomic E-state index is 12.0. The smallest absolute Gasteiger partial charge is 0.335 e. The van der Waals surface area contributed by atoms with Crippen molar-refractivity contribution in [3.05, 3.63) is 23.8 Å². The molecule has 3 N–H and O–H groups in total. The first kappa shape index (κ1) is 13.7. The average Bonchev–Trinajstić information content (AvgIpc) is 2.92. The first-order valence-corrected chi connectivity index (χ1v) is 6.80.